The number of halogens is 1. The summed E-state index contributed by atoms with van der Waals surface area (Å²) in [5.74, 6) is 2.02. The van der Waals surface area contributed by atoms with Crippen LogP contribution in [0.1, 0.15) is 30.3 Å². The molecular weight excluding hydrogens is 390 g/mol. The van der Waals surface area contributed by atoms with Crippen LogP contribution >= 0.6 is 11.6 Å². The minimum absolute atomic E-state index is 0.0183. The Hall–Kier alpha value is -2.93. The molecule has 150 valence electrons. The number of fused-ring (bicyclic) bond motifs is 1. The second-order valence-corrected chi connectivity index (χ2v) is 7.59. The van der Waals surface area contributed by atoms with Gasteiger partial charge in [0.15, 0.2) is 18.3 Å². The first-order chi connectivity index (χ1) is 14.0. The molecule has 4 rings (SSSR count). The monoisotopic (exact) mass is 411 g/mol. The number of amides is 1. The molecule has 1 aromatic carbocycles. The third-order valence-electron chi connectivity index (χ3n) is 4.86. The number of benzene rings is 1. The van der Waals surface area contributed by atoms with Gasteiger partial charge in [0.25, 0.3) is 5.91 Å². The van der Waals surface area contributed by atoms with E-state index in [4.69, 9.17) is 16.3 Å². The summed E-state index contributed by atoms with van der Waals surface area (Å²) < 4.78 is 7.71. The standard InChI is InChI=1S/C21H22ClN5O2/c1-4-7-26-18(24-25-21(26)16-6-5-15(22)10-23-16)11-27-17-9-13(2)8-14(3)20(17)29-12-19(27)28/h5-6,8-10H,4,7,11-12H2,1-3H3. The Bertz CT molecular complexity index is 1060. The van der Waals surface area contributed by atoms with Crippen molar-refractivity contribution in [3.05, 3.63) is 52.4 Å². The van der Waals surface area contributed by atoms with Crippen LogP contribution in [0.15, 0.2) is 30.5 Å². The minimum Gasteiger partial charge on any atom is -0.481 e. The summed E-state index contributed by atoms with van der Waals surface area (Å²) in [7, 11) is 0. The lowest BCUT2D eigenvalue weighted by molar-refractivity contribution is -0.121. The molecule has 0 atom stereocenters. The Kier molecular flexibility index (Phi) is 5.24. The lowest BCUT2D eigenvalue weighted by Gasteiger charge is -2.30. The Labute approximate surface area is 174 Å². The van der Waals surface area contributed by atoms with Crippen LogP contribution in [-0.4, -0.2) is 32.3 Å². The van der Waals surface area contributed by atoms with Crippen molar-refractivity contribution in [2.75, 3.05) is 11.5 Å². The molecule has 8 heteroatoms. The van der Waals surface area contributed by atoms with Gasteiger partial charge in [0.05, 0.1) is 17.3 Å². The van der Waals surface area contributed by atoms with E-state index < -0.39 is 0 Å². The number of rotatable bonds is 5. The Balaban J connectivity index is 1.73. The molecule has 0 aliphatic carbocycles. The first-order valence-electron chi connectivity index (χ1n) is 9.56. The van der Waals surface area contributed by atoms with Gasteiger partial charge in [-0.1, -0.05) is 24.6 Å². The topological polar surface area (TPSA) is 73.1 Å². The largest absolute Gasteiger partial charge is 0.481 e. The zero-order valence-electron chi connectivity index (χ0n) is 16.6. The number of hydrogen-bond acceptors (Lipinski definition) is 5. The van der Waals surface area contributed by atoms with E-state index in [0.717, 1.165) is 35.5 Å². The quantitative estimate of drug-likeness (QED) is 0.635. The van der Waals surface area contributed by atoms with Gasteiger partial charge in [-0.05, 0) is 49.6 Å². The maximum Gasteiger partial charge on any atom is 0.265 e. The van der Waals surface area contributed by atoms with Crippen LogP contribution in [0.5, 0.6) is 5.75 Å². The Morgan fingerprint density at radius 2 is 2.03 bits per heavy atom. The number of carbonyl (C=O) groups is 1. The molecule has 0 saturated heterocycles. The molecule has 0 spiro atoms. The van der Waals surface area contributed by atoms with Gasteiger partial charge in [0, 0.05) is 12.7 Å². The molecule has 29 heavy (non-hydrogen) atoms. The third-order valence-corrected chi connectivity index (χ3v) is 5.09. The fraction of sp³-hybridized carbons (Fsp3) is 0.333. The second kappa shape index (κ2) is 7.83. The normalized spacial score (nSPS) is 13.4. The van der Waals surface area contributed by atoms with Gasteiger partial charge in [-0.3, -0.25) is 14.7 Å². The molecule has 7 nitrogen and oxygen atoms in total. The highest BCUT2D eigenvalue weighted by Gasteiger charge is 2.29. The van der Waals surface area contributed by atoms with Gasteiger partial charge in [-0.15, -0.1) is 10.2 Å². The van der Waals surface area contributed by atoms with Crippen molar-refractivity contribution in [2.24, 2.45) is 0 Å². The summed E-state index contributed by atoms with van der Waals surface area (Å²) >= 11 is 5.96. The van der Waals surface area contributed by atoms with Crippen molar-refractivity contribution in [3.63, 3.8) is 0 Å². The van der Waals surface area contributed by atoms with E-state index in [-0.39, 0.29) is 12.5 Å². The summed E-state index contributed by atoms with van der Waals surface area (Å²) in [4.78, 5) is 18.8. The van der Waals surface area contributed by atoms with Crippen LogP contribution in [0.25, 0.3) is 11.5 Å². The average molecular weight is 412 g/mol. The average Bonchev–Trinajstić information content (AvgIpc) is 3.07. The summed E-state index contributed by atoms with van der Waals surface area (Å²) in [5, 5.41) is 9.31. The van der Waals surface area contributed by atoms with E-state index in [1.807, 2.05) is 30.5 Å². The predicted octanol–water partition coefficient (Wildman–Crippen LogP) is 3.95. The minimum atomic E-state index is -0.0975. The number of pyridine rings is 1. The molecule has 0 saturated carbocycles. The molecule has 1 aliphatic heterocycles. The highest BCUT2D eigenvalue weighted by molar-refractivity contribution is 6.30. The van der Waals surface area contributed by atoms with E-state index in [1.54, 1.807) is 17.2 Å². The van der Waals surface area contributed by atoms with E-state index in [0.29, 0.717) is 28.9 Å². The first-order valence-corrected chi connectivity index (χ1v) is 9.94. The van der Waals surface area contributed by atoms with Gasteiger partial charge in [0.1, 0.15) is 11.4 Å². The number of ether oxygens (including phenoxy) is 1. The molecule has 3 aromatic rings. The van der Waals surface area contributed by atoms with Crippen LogP contribution < -0.4 is 9.64 Å². The highest BCUT2D eigenvalue weighted by Crippen LogP contribution is 2.37. The molecule has 1 amide bonds. The van der Waals surface area contributed by atoms with E-state index in [1.165, 1.54) is 0 Å². The van der Waals surface area contributed by atoms with Gasteiger partial charge in [-0.2, -0.15) is 0 Å². The number of anilines is 1. The van der Waals surface area contributed by atoms with Crippen molar-refractivity contribution in [1.82, 2.24) is 19.7 Å². The van der Waals surface area contributed by atoms with Crippen LogP contribution in [0.4, 0.5) is 5.69 Å². The number of hydrogen-bond donors (Lipinski definition) is 0. The predicted molar refractivity (Wildman–Crippen MR) is 111 cm³/mol. The number of aromatic nitrogens is 4. The molecular formula is C21H22ClN5O2. The zero-order valence-corrected chi connectivity index (χ0v) is 17.4. The van der Waals surface area contributed by atoms with Crippen LogP contribution in [0, 0.1) is 13.8 Å². The summed E-state index contributed by atoms with van der Waals surface area (Å²) in [5.41, 5.74) is 3.56. The van der Waals surface area contributed by atoms with Crippen LogP contribution in [0.2, 0.25) is 5.02 Å². The summed E-state index contributed by atoms with van der Waals surface area (Å²) in [6.45, 7) is 7.15. The van der Waals surface area contributed by atoms with Crippen LogP contribution in [-0.2, 0) is 17.9 Å². The molecule has 0 N–H and O–H groups in total. The second-order valence-electron chi connectivity index (χ2n) is 7.15. The summed E-state index contributed by atoms with van der Waals surface area (Å²) in [6, 6.07) is 7.63. The maximum absolute atomic E-state index is 12.7. The number of nitrogens with zero attached hydrogens (tertiary/aromatic N) is 5. The first kappa shape index (κ1) is 19.4. The number of carbonyl (C=O) groups excluding carboxylic acids is 1. The fourth-order valence-corrected chi connectivity index (χ4v) is 3.70. The third kappa shape index (κ3) is 3.70. The molecule has 0 unspecified atom stereocenters. The zero-order chi connectivity index (χ0) is 20.5. The molecule has 0 radical (unpaired) electrons. The van der Waals surface area contributed by atoms with Crippen molar-refractivity contribution >= 4 is 23.2 Å². The Morgan fingerprint density at radius 3 is 2.76 bits per heavy atom. The van der Waals surface area contributed by atoms with E-state index in [9.17, 15) is 4.79 Å². The van der Waals surface area contributed by atoms with Crippen molar-refractivity contribution in [2.45, 2.75) is 40.3 Å². The number of aryl methyl sites for hydroxylation is 2. The van der Waals surface area contributed by atoms with E-state index in [2.05, 4.69) is 28.2 Å². The maximum atomic E-state index is 12.7. The van der Waals surface area contributed by atoms with Gasteiger partial charge in [0.2, 0.25) is 0 Å². The smallest absolute Gasteiger partial charge is 0.265 e. The Morgan fingerprint density at radius 1 is 1.21 bits per heavy atom. The lowest BCUT2D eigenvalue weighted by atomic mass is 10.1. The SMILES string of the molecule is CCCn1c(CN2C(=O)COc3c(C)cc(C)cc32)nnc1-c1ccc(Cl)cn1. The van der Waals surface area contributed by atoms with Gasteiger partial charge >= 0.3 is 0 Å². The van der Waals surface area contributed by atoms with Gasteiger partial charge < -0.3 is 9.30 Å². The lowest BCUT2D eigenvalue weighted by Crippen LogP contribution is -2.39. The highest BCUT2D eigenvalue weighted by atomic mass is 35.5. The fourth-order valence-electron chi connectivity index (χ4n) is 3.59. The molecule has 0 bridgehead atoms. The van der Waals surface area contributed by atoms with E-state index >= 15 is 0 Å². The summed E-state index contributed by atoms with van der Waals surface area (Å²) in [6.07, 6.45) is 2.49. The molecule has 0 fully saturated rings. The van der Waals surface area contributed by atoms with Crippen molar-refractivity contribution in [3.8, 4) is 17.3 Å². The molecule has 3 heterocycles. The van der Waals surface area contributed by atoms with Crippen molar-refractivity contribution in [1.29, 1.82) is 0 Å². The molecule has 1 aliphatic rings. The molecule has 2 aromatic heterocycles. The van der Waals surface area contributed by atoms with Crippen molar-refractivity contribution < 1.29 is 9.53 Å². The van der Waals surface area contributed by atoms with Crippen LogP contribution in [0.3, 0.4) is 0 Å². The van der Waals surface area contributed by atoms with Gasteiger partial charge in [-0.25, -0.2) is 0 Å².